The van der Waals surface area contributed by atoms with Crippen molar-refractivity contribution in [2.75, 3.05) is 49.5 Å². The molecule has 1 aliphatic carbocycles. The lowest BCUT2D eigenvalue weighted by molar-refractivity contribution is -0.107. The Labute approximate surface area is 197 Å². The Morgan fingerprint density at radius 2 is 1.85 bits per heavy atom. The first-order valence-electron chi connectivity index (χ1n) is 11.9. The number of nitrogens with zero attached hydrogens (tertiary/aromatic N) is 5. The molecule has 6 rings (SSSR count). The highest BCUT2D eigenvalue weighted by atomic mass is 32.2. The molecule has 2 aromatic rings. The third-order valence-corrected chi connectivity index (χ3v) is 10.1. The van der Waals surface area contributed by atoms with Crippen LogP contribution >= 0.6 is 0 Å². The normalized spacial score (nSPS) is 25.1. The minimum absolute atomic E-state index is 0.0467. The molecule has 2 N–H and O–H groups in total. The number of alkyl halides is 2. The van der Waals surface area contributed by atoms with Gasteiger partial charge in [-0.15, -0.1) is 0 Å². The highest BCUT2D eigenvalue weighted by molar-refractivity contribution is 7.90. The summed E-state index contributed by atoms with van der Waals surface area (Å²) >= 11 is 0. The van der Waals surface area contributed by atoms with Crippen LogP contribution in [0.3, 0.4) is 0 Å². The molecule has 34 heavy (non-hydrogen) atoms. The van der Waals surface area contributed by atoms with Crippen LogP contribution in [0.15, 0.2) is 12.3 Å². The Morgan fingerprint density at radius 3 is 2.47 bits per heavy atom. The molecule has 0 aromatic carbocycles. The number of hydrogen-bond donors (Lipinski definition) is 2. The monoisotopic (exact) mass is 493 g/mol. The summed E-state index contributed by atoms with van der Waals surface area (Å²) in [5.41, 5.74) is 0.234. The lowest BCUT2D eigenvalue weighted by Gasteiger charge is -2.42. The fourth-order valence-electron chi connectivity index (χ4n) is 5.35. The summed E-state index contributed by atoms with van der Waals surface area (Å²) in [7, 11) is -3.15. The van der Waals surface area contributed by atoms with E-state index in [1.165, 1.54) is 0 Å². The van der Waals surface area contributed by atoms with Gasteiger partial charge in [-0.05, 0) is 38.7 Å². The van der Waals surface area contributed by atoms with E-state index in [0.29, 0.717) is 56.3 Å². The van der Waals surface area contributed by atoms with Crippen molar-refractivity contribution < 1.29 is 17.2 Å². The predicted molar refractivity (Wildman–Crippen MR) is 125 cm³/mol. The van der Waals surface area contributed by atoms with Crippen molar-refractivity contribution in [3.05, 3.63) is 18.0 Å². The molecule has 0 bridgehead atoms. The van der Waals surface area contributed by atoms with E-state index >= 15 is 0 Å². The number of piperidine rings is 1. The van der Waals surface area contributed by atoms with Crippen LogP contribution in [-0.2, 0) is 10.0 Å². The van der Waals surface area contributed by atoms with Crippen molar-refractivity contribution in [2.45, 2.75) is 49.8 Å². The van der Waals surface area contributed by atoms with Gasteiger partial charge in [-0.2, -0.15) is 0 Å². The zero-order valence-electron chi connectivity index (χ0n) is 19.1. The van der Waals surface area contributed by atoms with Crippen molar-refractivity contribution in [3.8, 4) is 0 Å². The Morgan fingerprint density at radius 1 is 1.12 bits per heavy atom. The van der Waals surface area contributed by atoms with E-state index in [-0.39, 0.29) is 24.4 Å². The maximum absolute atomic E-state index is 14.8. The molecule has 5 heterocycles. The SMILES string of the molecule is Cc1cc2cnc(NC3CCN(S(=O)(=O)C4CC4)CC3)nc2c(N2CC(F)(F)C3(CNC3)C2)n1. The van der Waals surface area contributed by atoms with Crippen molar-refractivity contribution >= 4 is 32.7 Å². The number of aryl methyl sites for hydroxylation is 1. The predicted octanol–water partition coefficient (Wildman–Crippen LogP) is 1.75. The standard InChI is InChI=1S/C22H29F2N7O2S/c1-14-8-15-9-26-20(28-16-4-6-31(7-5-16)34(32,33)17-2-3-17)29-18(15)19(27-14)30-12-21(10-25-11-21)22(23,24)13-30/h8-9,16-17,25H,2-7,10-13H2,1H3,(H,26,28,29). The first kappa shape index (κ1) is 22.3. The molecule has 0 radical (unpaired) electrons. The second-order valence-corrected chi connectivity index (χ2v) is 12.4. The van der Waals surface area contributed by atoms with E-state index < -0.39 is 21.4 Å². The number of nitrogens with one attached hydrogen (secondary N) is 2. The Balaban J connectivity index is 1.22. The van der Waals surface area contributed by atoms with Gasteiger partial charge in [-0.1, -0.05) is 0 Å². The van der Waals surface area contributed by atoms with E-state index in [1.807, 2.05) is 13.0 Å². The fraction of sp³-hybridized carbons (Fsp3) is 0.682. The molecule has 0 atom stereocenters. The molecule has 4 aliphatic rings. The molecular formula is C22H29F2N7O2S. The molecule has 3 saturated heterocycles. The van der Waals surface area contributed by atoms with Crippen LogP contribution in [0.5, 0.6) is 0 Å². The summed E-state index contributed by atoms with van der Waals surface area (Å²) in [4.78, 5) is 15.4. The molecule has 3 aliphatic heterocycles. The van der Waals surface area contributed by atoms with Crippen LogP contribution in [0.2, 0.25) is 0 Å². The van der Waals surface area contributed by atoms with Crippen LogP contribution < -0.4 is 15.5 Å². The van der Waals surface area contributed by atoms with Crippen molar-refractivity contribution in [3.63, 3.8) is 0 Å². The zero-order chi connectivity index (χ0) is 23.7. The molecule has 9 nitrogen and oxygen atoms in total. The van der Waals surface area contributed by atoms with Gasteiger partial charge in [0, 0.05) is 56.0 Å². The highest BCUT2D eigenvalue weighted by Gasteiger charge is 2.63. The first-order chi connectivity index (χ1) is 16.2. The number of hydrogen-bond acceptors (Lipinski definition) is 8. The summed E-state index contributed by atoms with van der Waals surface area (Å²) in [5, 5.41) is 6.89. The molecule has 0 amide bonds. The number of halogens is 2. The molecule has 1 spiro atoms. The van der Waals surface area contributed by atoms with Gasteiger partial charge < -0.3 is 15.5 Å². The minimum Gasteiger partial charge on any atom is -0.351 e. The number of anilines is 2. The third kappa shape index (κ3) is 3.61. The second-order valence-electron chi connectivity index (χ2n) is 10.2. The van der Waals surface area contributed by atoms with Gasteiger partial charge in [0.15, 0.2) is 5.82 Å². The van der Waals surface area contributed by atoms with Crippen LogP contribution in [0, 0.1) is 12.3 Å². The summed E-state index contributed by atoms with van der Waals surface area (Å²) in [6.07, 6.45) is 4.56. The van der Waals surface area contributed by atoms with Gasteiger partial charge in [0.25, 0.3) is 5.92 Å². The Hall–Kier alpha value is -2.18. The molecule has 12 heteroatoms. The van der Waals surface area contributed by atoms with E-state index in [0.717, 1.165) is 23.9 Å². The number of sulfonamides is 1. The van der Waals surface area contributed by atoms with Gasteiger partial charge in [0.1, 0.15) is 5.52 Å². The molecular weight excluding hydrogens is 464 g/mol. The van der Waals surface area contributed by atoms with Crippen LogP contribution in [0.25, 0.3) is 10.9 Å². The van der Waals surface area contributed by atoms with E-state index in [9.17, 15) is 17.2 Å². The topological polar surface area (TPSA) is 103 Å². The highest BCUT2D eigenvalue weighted by Crippen LogP contribution is 2.48. The Bertz CT molecular complexity index is 1230. The van der Waals surface area contributed by atoms with Crippen molar-refractivity contribution in [1.29, 1.82) is 0 Å². The minimum atomic E-state index is -3.15. The molecule has 1 saturated carbocycles. The molecule has 0 unspecified atom stereocenters. The van der Waals surface area contributed by atoms with Crippen molar-refractivity contribution in [2.24, 2.45) is 5.41 Å². The van der Waals surface area contributed by atoms with Gasteiger partial charge in [-0.25, -0.2) is 36.5 Å². The summed E-state index contributed by atoms with van der Waals surface area (Å²) in [6, 6.07) is 1.91. The number of pyridine rings is 1. The maximum Gasteiger partial charge on any atom is 0.274 e. The Kier molecular flexibility index (Phi) is 5.02. The van der Waals surface area contributed by atoms with E-state index in [2.05, 4.69) is 25.6 Å². The number of fused-ring (bicyclic) bond motifs is 1. The van der Waals surface area contributed by atoms with Gasteiger partial charge >= 0.3 is 0 Å². The first-order valence-corrected chi connectivity index (χ1v) is 13.4. The number of aromatic nitrogens is 3. The smallest absolute Gasteiger partial charge is 0.274 e. The van der Waals surface area contributed by atoms with E-state index in [1.54, 1.807) is 15.4 Å². The van der Waals surface area contributed by atoms with Gasteiger partial charge in [-0.3, -0.25) is 0 Å². The largest absolute Gasteiger partial charge is 0.351 e. The van der Waals surface area contributed by atoms with Crippen LogP contribution in [-0.4, -0.2) is 84.2 Å². The molecule has 184 valence electrons. The van der Waals surface area contributed by atoms with Crippen LogP contribution in [0.1, 0.15) is 31.4 Å². The maximum atomic E-state index is 14.8. The zero-order valence-corrected chi connectivity index (χ0v) is 19.9. The molecule has 2 aromatic heterocycles. The summed E-state index contributed by atoms with van der Waals surface area (Å²) < 4.78 is 56.2. The molecule has 4 fully saturated rings. The average Bonchev–Trinajstić information content (AvgIpc) is 3.57. The summed E-state index contributed by atoms with van der Waals surface area (Å²) in [5.74, 6) is -1.91. The van der Waals surface area contributed by atoms with Gasteiger partial charge in [0.05, 0.1) is 17.2 Å². The lowest BCUT2D eigenvalue weighted by Crippen LogP contribution is -2.62. The lowest BCUT2D eigenvalue weighted by atomic mass is 9.78. The third-order valence-electron chi connectivity index (χ3n) is 7.65. The second kappa shape index (κ2) is 7.66. The number of rotatable bonds is 5. The van der Waals surface area contributed by atoms with Crippen molar-refractivity contribution in [1.82, 2.24) is 24.6 Å². The fourth-order valence-corrected chi connectivity index (χ4v) is 7.22. The average molecular weight is 494 g/mol. The van der Waals surface area contributed by atoms with Crippen LogP contribution in [0.4, 0.5) is 20.5 Å². The summed E-state index contributed by atoms with van der Waals surface area (Å²) in [6.45, 7) is 3.27. The van der Waals surface area contributed by atoms with Gasteiger partial charge in [0.2, 0.25) is 16.0 Å². The quantitative estimate of drug-likeness (QED) is 0.650. The van der Waals surface area contributed by atoms with E-state index in [4.69, 9.17) is 0 Å².